The Bertz CT molecular complexity index is 2140. The van der Waals surface area contributed by atoms with Crippen LogP contribution >= 0.6 is 0 Å². The first-order valence-electron chi connectivity index (χ1n) is 24.3. The second-order valence-electron chi connectivity index (χ2n) is 16.7. The number of carbonyl (C=O) groups is 10. The van der Waals surface area contributed by atoms with E-state index in [9.17, 15) is 68.4 Å². The number of aromatic hydroxyl groups is 2. The van der Waals surface area contributed by atoms with Crippen molar-refractivity contribution in [2.45, 2.75) is 130 Å². The maximum Gasteiger partial charge on any atom is 0.326 e. The van der Waals surface area contributed by atoms with Crippen LogP contribution in [0.5, 0.6) is 11.5 Å². The van der Waals surface area contributed by atoms with Gasteiger partial charge >= 0.3 is 41.8 Å². The molecular formula is C49H75N7O18. The van der Waals surface area contributed by atoms with Gasteiger partial charge in [0.2, 0.25) is 17.7 Å². The number of benzene rings is 2. The van der Waals surface area contributed by atoms with Gasteiger partial charge < -0.3 is 67.4 Å². The summed E-state index contributed by atoms with van der Waals surface area (Å²) in [5.74, 6) is -7.99. The van der Waals surface area contributed by atoms with E-state index in [1.807, 2.05) is 24.5 Å². The zero-order valence-corrected chi connectivity index (χ0v) is 42.5. The largest absolute Gasteiger partial charge is 0.508 e. The number of unbranched alkanes of at least 4 members (excludes halogenated alkanes) is 3. The molecule has 13 N–H and O–H groups in total. The number of amides is 5. The molecule has 5 amide bonds. The quantitative estimate of drug-likeness (QED) is 0.0441. The number of carbonyl (C=O) groups excluding carboxylic acids is 4. The molecule has 414 valence electrons. The summed E-state index contributed by atoms with van der Waals surface area (Å²) in [6.45, 7) is 7.34. The van der Waals surface area contributed by atoms with E-state index in [1.54, 1.807) is 29.2 Å². The van der Waals surface area contributed by atoms with Gasteiger partial charge in [0, 0.05) is 76.1 Å². The fourth-order valence-corrected chi connectivity index (χ4v) is 6.60. The minimum Gasteiger partial charge on any atom is -0.508 e. The Morgan fingerprint density at radius 1 is 0.541 bits per heavy atom. The van der Waals surface area contributed by atoms with E-state index in [-0.39, 0.29) is 75.2 Å². The Kier molecular flexibility index (Phi) is 34.2. The van der Waals surface area contributed by atoms with E-state index in [4.69, 9.17) is 20.4 Å². The molecule has 0 aromatic heterocycles. The number of hydrogen-bond donors (Lipinski definition) is 13. The molecule has 0 radical (unpaired) electrons. The van der Waals surface area contributed by atoms with Gasteiger partial charge in [-0.25, -0.2) is 9.59 Å². The van der Waals surface area contributed by atoms with Crippen LogP contribution in [0.3, 0.4) is 0 Å². The number of phenolic OH excluding ortho intramolecular Hbond substituents is 2. The molecule has 0 aliphatic carbocycles. The molecule has 0 fully saturated rings. The molecule has 2 aromatic carbocycles. The van der Waals surface area contributed by atoms with Crippen LogP contribution in [0.15, 0.2) is 36.4 Å². The van der Waals surface area contributed by atoms with E-state index < -0.39 is 85.9 Å². The summed E-state index contributed by atoms with van der Waals surface area (Å²) in [4.78, 5) is 116. The third kappa shape index (κ3) is 32.4. The molecule has 2 atom stereocenters. The summed E-state index contributed by atoms with van der Waals surface area (Å²) < 4.78 is 0. The number of nitrogens with zero attached hydrogens (tertiary/aromatic N) is 2. The number of nitrogens with one attached hydrogen (secondary N) is 5. The highest BCUT2D eigenvalue weighted by molar-refractivity contribution is 5.85. The number of carboxylic acids is 6. The van der Waals surface area contributed by atoms with Crippen LogP contribution < -0.4 is 26.6 Å². The topological polar surface area (TPSA) is 399 Å². The first-order valence-corrected chi connectivity index (χ1v) is 24.3. The van der Waals surface area contributed by atoms with E-state index in [0.717, 1.165) is 37.7 Å². The molecule has 2 aromatic rings. The Morgan fingerprint density at radius 3 is 1.47 bits per heavy atom. The summed E-state index contributed by atoms with van der Waals surface area (Å²) in [5, 5.41) is 86.7. The third-order valence-corrected chi connectivity index (χ3v) is 10.5. The number of carboxylic acid groups (broad SMARTS) is 6. The lowest BCUT2D eigenvalue weighted by atomic mass is 10.0. The number of aryl methyl sites for hydroxylation is 2. The normalized spacial score (nSPS) is 11.3. The molecule has 0 heterocycles. The van der Waals surface area contributed by atoms with E-state index in [1.165, 1.54) is 24.0 Å². The lowest BCUT2D eigenvalue weighted by molar-refractivity contribution is -0.141. The number of hydrogen-bond acceptors (Lipinski definition) is 14. The van der Waals surface area contributed by atoms with Crippen LogP contribution in [-0.2, 0) is 69.1 Å². The van der Waals surface area contributed by atoms with Crippen molar-refractivity contribution in [3.8, 4) is 11.5 Å². The maximum atomic E-state index is 12.5. The standard InChI is InChI=1S/C39H57N5O11.C8H12N2O7.C2H6/c1-3-4-17-40-34(47)8-6-5-7-18-41-35(48)15-11-28-9-13-32(45)30(21-28)23-43(25-37(50)51)19-20-44(26-38(52)53)24-31-22-29(10-14-33(31)46)12-16-36(49)42-27(2)39(54)55;11-5(12)2-1-4(7(15)16)10-8(17)9-3-6(13)14;1-2/h9-10,13-14,21-22,27,45-46H,3-8,11-12,15-20,23-26H2,1-2H3,(H,40,47)(H,41,48)(H,42,49)(H,50,51)(H,52,53)(H,54,55);4H,1-3H2,(H,11,12)(H,13,14)(H,15,16)(H2,9,10,17);1-2H3. The van der Waals surface area contributed by atoms with Crippen LogP contribution in [0.25, 0.3) is 0 Å². The van der Waals surface area contributed by atoms with Gasteiger partial charge in [-0.05, 0) is 68.7 Å². The summed E-state index contributed by atoms with van der Waals surface area (Å²) in [7, 11) is 0. The number of phenols is 2. The van der Waals surface area contributed by atoms with Crippen molar-refractivity contribution in [2.24, 2.45) is 0 Å². The molecule has 25 heteroatoms. The Morgan fingerprint density at radius 2 is 1.03 bits per heavy atom. The molecule has 74 heavy (non-hydrogen) atoms. The van der Waals surface area contributed by atoms with Crippen LogP contribution in [0.2, 0.25) is 0 Å². The molecular weight excluding hydrogens is 975 g/mol. The molecule has 0 aliphatic heterocycles. The zero-order chi connectivity index (χ0) is 56.2. The molecule has 0 saturated heterocycles. The summed E-state index contributed by atoms with van der Waals surface area (Å²) in [5.41, 5.74) is 2.26. The van der Waals surface area contributed by atoms with Crippen LogP contribution in [0.4, 0.5) is 4.79 Å². The molecule has 25 nitrogen and oxygen atoms in total. The van der Waals surface area contributed by atoms with Crippen molar-refractivity contribution in [3.63, 3.8) is 0 Å². The molecule has 0 aliphatic rings. The van der Waals surface area contributed by atoms with Gasteiger partial charge in [-0.15, -0.1) is 0 Å². The highest BCUT2D eigenvalue weighted by Crippen LogP contribution is 2.23. The first-order chi connectivity index (χ1) is 35.0. The van der Waals surface area contributed by atoms with Crippen molar-refractivity contribution in [3.05, 3.63) is 58.7 Å². The minimum atomic E-state index is -1.39. The molecule has 0 spiro atoms. The highest BCUT2D eigenvalue weighted by Gasteiger charge is 2.22. The molecule has 2 unspecified atom stereocenters. The van der Waals surface area contributed by atoms with Crippen molar-refractivity contribution >= 4 is 59.6 Å². The number of urea groups is 1. The van der Waals surface area contributed by atoms with Gasteiger partial charge in [0.15, 0.2) is 0 Å². The zero-order valence-electron chi connectivity index (χ0n) is 42.5. The average molecular weight is 1050 g/mol. The monoisotopic (exact) mass is 1050 g/mol. The Balaban J connectivity index is 0.00000237. The lowest BCUT2D eigenvalue weighted by Crippen LogP contribution is -2.47. The van der Waals surface area contributed by atoms with Crippen molar-refractivity contribution < 1.29 is 88.8 Å². The molecule has 0 saturated carbocycles. The average Bonchev–Trinajstić information content (AvgIpc) is 3.33. The van der Waals surface area contributed by atoms with Crippen LogP contribution in [0.1, 0.15) is 114 Å². The summed E-state index contributed by atoms with van der Waals surface area (Å²) >= 11 is 0. The smallest absolute Gasteiger partial charge is 0.326 e. The van der Waals surface area contributed by atoms with Gasteiger partial charge in [0.25, 0.3) is 0 Å². The predicted octanol–water partition coefficient (Wildman–Crippen LogP) is 2.33. The van der Waals surface area contributed by atoms with Gasteiger partial charge in [0.05, 0.1) is 13.1 Å². The fourth-order valence-electron chi connectivity index (χ4n) is 6.60. The minimum absolute atomic E-state index is 0.00527. The van der Waals surface area contributed by atoms with Crippen molar-refractivity contribution in [1.82, 2.24) is 36.4 Å². The SMILES string of the molecule is CC.CCCCNC(=O)CCCCCNC(=O)CCc1ccc(O)c(CN(CCN(CC(=O)O)Cc2cc(CCC(=O)NC(C)C(=O)O)ccc2O)CC(=O)O)c1.O=C(O)CCC(NC(=O)NCC(=O)O)C(=O)O. The van der Waals surface area contributed by atoms with E-state index in [0.29, 0.717) is 42.6 Å². The summed E-state index contributed by atoms with van der Waals surface area (Å²) in [6.07, 6.45) is 4.90. The van der Waals surface area contributed by atoms with Crippen molar-refractivity contribution in [1.29, 1.82) is 0 Å². The van der Waals surface area contributed by atoms with Gasteiger partial charge in [-0.3, -0.25) is 48.2 Å². The van der Waals surface area contributed by atoms with Gasteiger partial charge in [-0.1, -0.05) is 57.9 Å². The fraction of sp³-hybridized carbons (Fsp3) is 0.551. The van der Waals surface area contributed by atoms with Crippen LogP contribution in [0, 0.1) is 0 Å². The highest BCUT2D eigenvalue weighted by atomic mass is 16.4. The maximum absolute atomic E-state index is 12.5. The van der Waals surface area contributed by atoms with E-state index in [2.05, 4.69) is 22.9 Å². The second-order valence-corrected chi connectivity index (χ2v) is 16.7. The second kappa shape index (κ2) is 38.1. The van der Waals surface area contributed by atoms with E-state index >= 15 is 0 Å². The number of aliphatic carboxylic acids is 6. The van der Waals surface area contributed by atoms with Crippen LogP contribution in [-0.4, -0.2) is 168 Å². The molecule has 0 bridgehead atoms. The number of rotatable bonds is 35. The van der Waals surface area contributed by atoms with Crippen molar-refractivity contribution in [2.75, 3.05) is 45.8 Å². The summed E-state index contributed by atoms with van der Waals surface area (Å²) in [6, 6.07) is 6.16. The Labute approximate surface area is 429 Å². The first kappa shape index (κ1) is 66.5. The Hall–Kier alpha value is -7.54. The molecule has 2 rings (SSSR count). The predicted molar refractivity (Wildman–Crippen MR) is 267 cm³/mol. The lowest BCUT2D eigenvalue weighted by Gasteiger charge is -2.26. The van der Waals surface area contributed by atoms with Gasteiger partial charge in [0.1, 0.15) is 30.1 Å². The van der Waals surface area contributed by atoms with Gasteiger partial charge in [-0.2, -0.15) is 0 Å². The third-order valence-electron chi connectivity index (χ3n) is 10.5.